The summed E-state index contributed by atoms with van der Waals surface area (Å²) in [5, 5.41) is 1.02. The number of benzene rings is 2. The number of hydrogen-bond acceptors (Lipinski definition) is 3. The Balaban J connectivity index is 1.75. The Bertz CT molecular complexity index is 1150. The average Bonchev–Trinajstić information content (AvgIpc) is 3.15. The van der Waals surface area contributed by atoms with Crippen molar-refractivity contribution in [3.05, 3.63) is 59.4 Å². The Hall–Kier alpha value is -3.01. The molecule has 1 amide bonds. The number of fused-ring (bicyclic) bond motifs is 1. The normalized spacial score (nSPS) is 17.3. The van der Waals surface area contributed by atoms with Crippen LogP contribution in [0.2, 0.25) is 0 Å². The van der Waals surface area contributed by atoms with Crippen molar-refractivity contribution in [3.8, 4) is 16.9 Å². The summed E-state index contributed by atoms with van der Waals surface area (Å²) in [5.74, 6) is 1.35. The topological polar surface area (TPSA) is 42.7 Å². The van der Waals surface area contributed by atoms with Gasteiger partial charge in [-0.05, 0) is 62.3 Å². The van der Waals surface area contributed by atoms with Crippen LogP contribution in [-0.2, 0) is 4.79 Å². The summed E-state index contributed by atoms with van der Waals surface area (Å²) < 4.78 is 11.5. The fourth-order valence-electron chi connectivity index (χ4n) is 4.60. The van der Waals surface area contributed by atoms with E-state index in [9.17, 15) is 4.79 Å². The number of likely N-dealkylation sites (tertiary alicyclic amines) is 1. The third kappa shape index (κ3) is 4.25. The number of hydrogen-bond donors (Lipinski definition) is 0. The van der Waals surface area contributed by atoms with Crippen LogP contribution in [0.15, 0.2) is 47.1 Å². The molecule has 3 aromatic rings. The van der Waals surface area contributed by atoms with Crippen molar-refractivity contribution in [2.75, 3.05) is 20.2 Å². The molecule has 0 saturated carbocycles. The predicted octanol–water partition coefficient (Wildman–Crippen LogP) is 6.39. The Morgan fingerprint density at radius 3 is 2.71 bits per heavy atom. The van der Waals surface area contributed by atoms with Gasteiger partial charge in [-0.25, -0.2) is 0 Å². The molecule has 1 atom stereocenters. The zero-order valence-corrected chi connectivity index (χ0v) is 19.1. The van der Waals surface area contributed by atoms with Gasteiger partial charge in [-0.1, -0.05) is 30.7 Å². The molecule has 1 saturated heterocycles. The van der Waals surface area contributed by atoms with Crippen molar-refractivity contribution in [2.45, 2.75) is 40.5 Å². The molecule has 1 aliphatic rings. The summed E-state index contributed by atoms with van der Waals surface area (Å²) >= 11 is 0. The lowest BCUT2D eigenvalue weighted by Crippen LogP contribution is -2.38. The molecule has 1 unspecified atom stereocenters. The number of rotatable bonds is 4. The molecule has 0 aliphatic carbocycles. The highest BCUT2D eigenvalue weighted by Gasteiger charge is 2.21. The van der Waals surface area contributed by atoms with E-state index in [4.69, 9.17) is 9.15 Å². The minimum absolute atomic E-state index is 0.0768. The Kier molecular flexibility index (Phi) is 5.90. The van der Waals surface area contributed by atoms with Gasteiger partial charge in [-0.3, -0.25) is 4.79 Å². The van der Waals surface area contributed by atoms with Crippen LogP contribution in [-0.4, -0.2) is 31.0 Å². The highest BCUT2D eigenvalue weighted by atomic mass is 16.5. The number of allylic oxidation sites excluding steroid dienone is 1. The molecule has 2 aromatic carbocycles. The molecule has 1 aliphatic heterocycles. The van der Waals surface area contributed by atoms with Gasteiger partial charge in [0.1, 0.15) is 11.3 Å². The van der Waals surface area contributed by atoms with E-state index in [0.29, 0.717) is 11.7 Å². The second-order valence-corrected chi connectivity index (χ2v) is 8.88. The Labute approximate surface area is 184 Å². The van der Waals surface area contributed by atoms with E-state index in [2.05, 4.69) is 45.0 Å². The zero-order chi connectivity index (χ0) is 22.1. The monoisotopic (exact) mass is 417 g/mol. The summed E-state index contributed by atoms with van der Waals surface area (Å²) in [6, 6.07) is 10.5. The first kappa shape index (κ1) is 21.2. The number of carbonyl (C=O) groups is 1. The largest absolute Gasteiger partial charge is 0.496 e. The number of furan rings is 1. The number of aryl methyl sites for hydroxylation is 2. The molecule has 4 heteroatoms. The summed E-state index contributed by atoms with van der Waals surface area (Å²) in [5.41, 5.74) is 7.25. The lowest BCUT2D eigenvalue weighted by molar-refractivity contribution is -0.127. The van der Waals surface area contributed by atoms with Crippen molar-refractivity contribution in [1.82, 2.24) is 4.90 Å². The second kappa shape index (κ2) is 8.62. The van der Waals surface area contributed by atoms with Gasteiger partial charge in [0.2, 0.25) is 5.91 Å². The standard InChI is InChI=1S/C27H31NO3/c1-17-8-9-21(19(3)11-17)24-16-31-26-14-25(30-5)22(13-23(24)26)20(4)12-27(29)28-10-6-7-18(2)15-28/h8-9,11-14,16,18H,6-7,10,15H2,1-5H3/b20-12+. The molecule has 162 valence electrons. The maximum Gasteiger partial charge on any atom is 0.246 e. The smallest absolute Gasteiger partial charge is 0.246 e. The summed E-state index contributed by atoms with van der Waals surface area (Å²) in [7, 11) is 1.65. The minimum Gasteiger partial charge on any atom is -0.496 e. The van der Waals surface area contributed by atoms with Gasteiger partial charge in [0, 0.05) is 41.7 Å². The van der Waals surface area contributed by atoms with Crippen LogP contribution in [0.3, 0.4) is 0 Å². The maximum absolute atomic E-state index is 12.9. The van der Waals surface area contributed by atoms with Gasteiger partial charge in [0.15, 0.2) is 0 Å². The van der Waals surface area contributed by atoms with E-state index in [1.807, 2.05) is 24.2 Å². The van der Waals surface area contributed by atoms with Crippen molar-refractivity contribution in [3.63, 3.8) is 0 Å². The molecule has 0 bridgehead atoms. The fourth-order valence-corrected chi connectivity index (χ4v) is 4.60. The van der Waals surface area contributed by atoms with Gasteiger partial charge in [-0.15, -0.1) is 0 Å². The molecule has 1 aromatic heterocycles. The summed E-state index contributed by atoms with van der Waals surface area (Å²) in [4.78, 5) is 14.9. The van der Waals surface area contributed by atoms with Gasteiger partial charge < -0.3 is 14.1 Å². The van der Waals surface area contributed by atoms with Crippen LogP contribution < -0.4 is 4.74 Å². The number of amides is 1. The van der Waals surface area contributed by atoms with Gasteiger partial charge >= 0.3 is 0 Å². The van der Waals surface area contributed by atoms with Gasteiger partial charge in [0.25, 0.3) is 0 Å². The van der Waals surface area contributed by atoms with Crippen LogP contribution >= 0.6 is 0 Å². The van der Waals surface area contributed by atoms with Crippen LogP contribution in [0.1, 0.15) is 43.4 Å². The number of piperidine rings is 1. The first-order valence-electron chi connectivity index (χ1n) is 11.0. The molecule has 4 nitrogen and oxygen atoms in total. The van der Waals surface area contributed by atoms with E-state index < -0.39 is 0 Å². The molecular weight excluding hydrogens is 386 g/mol. The fraction of sp³-hybridized carbons (Fsp3) is 0.370. The first-order valence-corrected chi connectivity index (χ1v) is 11.0. The van der Waals surface area contributed by atoms with E-state index in [1.165, 1.54) is 17.5 Å². The van der Waals surface area contributed by atoms with Crippen molar-refractivity contribution in [2.24, 2.45) is 5.92 Å². The van der Waals surface area contributed by atoms with Crippen molar-refractivity contribution >= 4 is 22.4 Å². The number of carbonyl (C=O) groups excluding carboxylic acids is 1. The minimum atomic E-state index is 0.0768. The molecule has 2 heterocycles. The number of methoxy groups -OCH3 is 1. The molecule has 1 fully saturated rings. The van der Waals surface area contributed by atoms with E-state index in [0.717, 1.165) is 52.7 Å². The first-order chi connectivity index (χ1) is 14.9. The Morgan fingerprint density at radius 1 is 1.19 bits per heavy atom. The van der Waals surface area contributed by atoms with Crippen LogP contribution in [0.25, 0.3) is 27.7 Å². The van der Waals surface area contributed by atoms with E-state index in [1.54, 1.807) is 13.2 Å². The molecule has 4 rings (SSSR count). The highest BCUT2D eigenvalue weighted by Crippen LogP contribution is 2.38. The molecule has 0 N–H and O–H groups in total. The highest BCUT2D eigenvalue weighted by molar-refractivity contribution is 6.00. The third-order valence-electron chi connectivity index (χ3n) is 6.30. The molecule has 0 radical (unpaired) electrons. The predicted molar refractivity (Wildman–Crippen MR) is 126 cm³/mol. The summed E-state index contributed by atoms with van der Waals surface area (Å²) in [6.45, 7) is 10.1. The number of nitrogens with zero attached hydrogens (tertiary/aromatic N) is 1. The lowest BCUT2D eigenvalue weighted by Gasteiger charge is -2.30. The third-order valence-corrected chi connectivity index (χ3v) is 6.30. The van der Waals surface area contributed by atoms with Gasteiger partial charge in [-0.2, -0.15) is 0 Å². The number of ether oxygens (including phenoxy) is 1. The zero-order valence-electron chi connectivity index (χ0n) is 19.1. The summed E-state index contributed by atoms with van der Waals surface area (Å²) in [6.07, 6.45) is 5.82. The van der Waals surface area contributed by atoms with Crippen LogP contribution in [0.5, 0.6) is 5.75 Å². The average molecular weight is 418 g/mol. The molecule has 31 heavy (non-hydrogen) atoms. The SMILES string of the molecule is COc1cc2occ(-c3ccc(C)cc3C)c2cc1/C(C)=C/C(=O)N1CCCC(C)C1. The van der Waals surface area contributed by atoms with E-state index in [-0.39, 0.29) is 5.91 Å². The quantitative estimate of drug-likeness (QED) is 0.462. The van der Waals surface area contributed by atoms with Crippen molar-refractivity contribution < 1.29 is 13.9 Å². The van der Waals surface area contributed by atoms with Gasteiger partial charge in [0.05, 0.1) is 13.4 Å². The van der Waals surface area contributed by atoms with Crippen LogP contribution in [0.4, 0.5) is 0 Å². The lowest BCUT2D eigenvalue weighted by atomic mass is 9.96. The van der Waals surface area contributed by atoms with E-state index >= 15 is 0 Å². The maximum atomic E-state index is 12.9. The van der Waals surface area contributed by atoms with Crippen molar-refractivity contribution in [1.29, 1.82) is 0 Å². The molecular formula is C27H31NO3. The second-order valence-electron chi connectivity index (χ2n) is 8.88. The Morgan fingerprint density at radius 2 is 2.00 bits per heavy atom. The van der Waals surface area contributed by atoms with Crippen LogP contribution in [0, 0.1) is 19.8 Å². The molecule has 0 spiro atoms.